The lowest BCUT2D eigenvalue weighted by Crippen LogP contribution is -2.60. The summed E-state index contributed by atoms with van der Waals surface area (Å²) in [7, 11) is 5.47. The molecule has 0 aliphatic carbocycles. The van der Waals surface area contributed by atoms with Crippen LogP contribution >= 0.6 is 0 Å². The topological polar surface area (TPSA) is 189 Å². The number of aliphatic hydroxyl groups excluding tert-OH is 1. The number of ether oxygens (including phenoxy) is 5. The van der Waals surface area contributed by atoms with Crippen LogP contribution in [0.15, 0.2) is 46.9 Å². The van der Waals surface area contributed by atoms with Crippen LogP contribution in [-0.2, 0) is 44.7 Å². The number of oxime groups is 1. The van der Waals surface area contributed by atoms with Gasteiger partial charge in [0.25, 0.3) is 0 Å². The molecule has 2 aromatic rings. The van der Waals surface area contributed by atoms with E-state index in [4.69, 9.17) is 33.5 Å². The molecule has 0 saturated carbocycles. The van der Waals surface area contributed by atoms with Crippen LogP contribution in [0.4, 0.5) is 0 Å². The smallest absolute Gasteiger partial charge is 0.316 e. The van der Waals surface area contributed by atoms with Gasteiger partial charge in [0.2, 0.25) is 0 Å². The summed E-state index contributed by atoms with van der Waals surface area (Å²) in [5, 5.41) is 32.7. The number of hydrogen-bond acceptors (Lipinski definition) is 15. The van der Waals surface area contributed by atoms with E-state index in [2.05, 4.69) is 15.2 Å². The molecule has 0 radical (unpaired) electrons. The van der Waals surface area contributed by atoms with Crippen molar-refractivity contribution in [2.24, 2.45) is 33.8 Å². The number of cyclic esters (lactones) is 1. The highest BCUT2D eigenvalue weighted by atomic mass is 16.7. The third-order valence-electron chi connectivity index (χ3n) is 12.1. The molecule has 3 saturated heterocycles. The summed E-state index contributed by atoms with van der Waals surface area (Å²) in [6, 6.07) is 5.22. The maximum atomic E-state index is 14.5. The standard InChI is InChI=1S/C42H64N6O10/c1-12-32-42(8,52)38-26(4)34(43-9)24(2)19-41(7,54-23-30(22-53-38)46-55-21-29-14-15-33(44-20-29)48-17-13-16-45-48)37(27(5)35(49)28(6)39(51)57-32)58-40-36(50)31(47(10)11)18-25(3)56-40/h13-17,20,24-28,31-32,36-38,40,50,52H,12,18-19,21-23H2,1-11H3/b43-34?,46-30+/t24-,25-,26+,27+,28-,31+,32-,36-,37-,38-,40+,41-,42-/m1/s1. The molecular formula is C42H64N6O10. The average molecular weight is 813 g/mol. The number of carbonyl (C=O) groups excluding carboxylic acids is 2. The summed E-state index contributed by atoms with van der Waals surface area (Å²) in [6.07, 6.45) is 0.766. The third-order valence-corrected chi connectivity index (χ3v) is 12.1. The summed E-state index contributed by atoms with van der Waals surface area (Å²) in [4.78, 5) is 45.3. The fraction of sp³-hybridized carbons (Fsp3) is 0.714. The summed E-state index contributed by atoms with van der Waals surface area (Å²) < 4.78 is 34.2. The monoisotopic (exact) mass is 812 g/mol. The van der Waals surface area contributed by atoms with Gasteiger partial charge < -0.3 is 43.6 Å². The molecule has 0 spiro atoms. The number of nitrogens with zero attached hydrogens (tertiary/aromatic N) is 6. The van der Waals surface area contributed by atoms with Gasteiger partial charge >= 0.3 is 5.97 Å². The Bertz CT molecular complexity index is 1740. The van der Waals surface area contributed by atoms with E-state index < -0.39 is 71.4 Å². The second kappa shape index (κ2) is 19.2. The van der Waals surface area contributed by atoms with E-state index in [1.54, 1.807) is 51.1 Å². The fourth-order valence-electron chi connectivity index (χ4n) is 8.88. The Morgan fingerprint density at radius 1 is 1.09 bits per heavy atom. The zero-order valence-corrected chi connectivity index (χ0v) is 35.9. The van der Waals surface area contributed by atoms with E-state index in [1.165, 1.54) is 6.92 Å². The first-order valence-electron chi connectivity index (χ1n) is 20.4. The Kier molecular flexibility index (Phi) is 15.0. The van der Waals surface area contributed by atoms with Crippen molar-refractivity contribution in [2.75, 3.05) is 34.4 Å². The number of aliphatic hydroxyl groups is 2. The molecule has 0 aromatic carbocycles. The molecule has 16 nitrogen and oxygen atoms in total. The molecule has 0 unspecified atom stereocenters. The van der Waals surface area contributed by atoms with Crippen molar-refractivity contribution >= 4 is 23.2 Å². The van der Waals surface area contributed by atoms with Crippen molar-refractivity contribution in [3.05, 3.63) is 42.4 Å². The number of fused-ring (bicyclic) bond motifs is 5. The lowest BCUT2D eigenvalue weighted by Gasteiger charge is -2.47. The summed E-state index contributed by atoms with van der Waals surface area (Å²) in [5.74, 6) is -3.54. The highest BCUT2D eigenvalue weighted by molar-refractivity contribution is 6.00. The summed E-state index contributed by atoms with van der Waals surface area (Å²) in [5.41, 5.74) is -1.18. The van der Waals surface area contributed by atoms with Crippen molar-refractivity contribution in [3.8, 4) is 5.82 Å². The predicted molar refractivity (Wildman–Crippen MR) is 215 cm³/mol. The second-order valence-corrected chi connectivity index (χ2v) is 16.9. The third kappa shape index (κ3) is 10.0. The number of hydrogen-bond donors (Lipinski definition) is 2. The number of pyridine rings is 1. The Labute approximate surface area is 342 Å². The molecule has 13 atom stereocenters. The zero-order chi connectivity index (χ0) is 42.5. The first kappa shape index (κ1) is 45.4. The predicted octanol–water partition coefficient (Wildman–Crippen LogP) is 3.79. The molecule has 58 heavy (non-hydrogen) atoms. The van der Waals surface area contributed by atoms with Crippen LogP contribution in [-0.4, -0.2) is 141 Å². The number of rotatable bonds is 8. The number of aromatic nitrogens is 3. The van der Waals surface area contributed by atoms with Crippen LogP contribution in [0.3, 0.4) is 0 Å². The molecule has 2 N–H and O–H groups in total. The Hall–Kier alpha value is -3.64. The largest absolute Gasteiger partial charge is 0.459 e. The molecular weight excluding hydrogens is 748 g/mol. The van der Waals surface area contributed by atoms with Gasteiger partial charge in [-0.15, -0.1) is 0 Å². The van der Waals surface area contributed by atoms with E-state index >= 15 is 0 Å². The molecule has 3 aliphatic rings. The number of Topliss-reactive ketones (excluding diaryl/α,β-unsaturated/α-hetero) is 1. The minimum atomic E-state index is -1.73. The van der Waals surface area contributed by atoms with Gasteiger partial charge in [-0.05, 0) is 79.1 Å². The minimum absolute atomic E-state index is 0.0829. The molecule has 0 amide bonds. The molecule has 16 heteroatoms. The quantitative estimate of drug-likeness (QED) is 0.223. The number of ketones is 1. The number of likely N-dealkylation sites (N-methyl/N-ethyl adjacent to an activating group) is 1. The van der Waals surface area contributed by atoms with Gasteiger partial charge in [0.1, 0.15) is 36.0 Å². The number of aliphatic imine (C=N–C) groups is 1. The average Bonchev–Trinajstić information content (AvgIpc) is 3.72. The van der Waals surface area contributed by atoms with E-state index in [0.29, 0.717) is 18.0 Å². The van der Waals surface area contributed by atoms with E-state index in [0.717, 1.165) is 11.3 Å². The van der Waals surface area contributed by atoms with Gasteiger partial charge in [-0.1, -0.05) is 38.9 Å². The highest BCUT2D eigenvalue weighted by Crippen LogP contribution is 2.40. The Morgan fingerprint density at radius 2 is 1.83 bits per heavy atom. The molecule has 3 aliphatic heterocycles. The maximum Gasteiger partial charge on any atom is 0.316 e. The molecule has 3 fully saturated rings. The minimum Gasteiger partial charge on any atom is -0.459 e. The van der Waals surface area contributed by atoms with Crippen molar-refractivity contribution in [2.45, 2.75) is 135 Å². The number of carbonyl (C=O) groups is 2. The van der Waals surface area contributed by atoms with Crippen LogP contribution in [0.5, 0.6) is 0 Å². The summed E-state index contributed by atoms with van der Waals surface area (Å²) >= 11 is 0. The first-order chi connectivity index (χ1) is 27.4. The van der Waals surface area contributed by atoms with Crippen LogP contribution in [0, 0.1) is 23.7 Å². The number of esters is 1. The van der Waals surface area contributed by atoms with Crippen molar-refractivity contribution < 1.29 is 48.3 Å². The first-order valence-corrected chi connectivity index (χ1v) is 20.4. The van der Waals surface area contributed by atoms with Gasteiger partial charge in [-0.2, -0.15) is 5.10 Å². The van der Waals surface area contributed by atoms with Crippen LogP contribution in [0.1, 0.15) is 80.2 Å². The molecule has 5 rings (SSSR count). The second-order valence-electron chi connectivity index (χ2n) is 16.9. The lowest BCUT2D eigenvalue weighted by atomic mass is 9.73. The van der Waals surface area contributed by atoms with E-state index in [9.17, 15) is 19.8 Å². The highest BCUT2D eigenvalue weighted by Gasteiger charge is 2.53. The Morgan fingerprint density at radius 3 is 2.45 bits per heavy atom. The summed E-state index contributed by atoms with van der Waals surface area (Å²) in [6.45, 7) is 14.1. The van der Waals surface area contributed by atoms with Crippen molar-refractivity contribution in [1.82, 2.24) is 19.7 Å². The van der Waals surface area contributed by atoms with Crippen LogP contribution in [0.25, 0.3) is 5.82 Å². The van der Waals surface area contributed by atoms with Crippen LogP contribution < -0.4 is 0 Å². The van der Waals surface area contributed by atoms with Crippen molar-refractivity contribution in [1.29, 1.82) is 0 Å². The zero-order valence-electron chi connectivity index (χ0n) is 35.9. The van der Waals surface area contributed by atoms with Gasteiger partial charge in [0, 0.05) is 54.8 Å². The van der Waals surface area contributed by atoms with E-state index in [-0.39, 0.29) is 50.7 Å². The molecule has 5 heterocycles. The Balaban J connectivity index is 1.60. The normalized spacial score (nSPS) is 38.6. The SMILES string of the molecule is CC[C@H]1OC(=O)[C@H](C)C(=O)[C@H](C)[C@@H](O[C@@H]2O[C@H](C)C[C@H](N(C)C)[C@H]2O)[C@@]2(C)C[C@@H](C)C(=NC)[C@H](C)[C@@H](OC/C(=N\OCc3ccc(-n4cccn4)nc3)CO2)[C@]1(C)O. The fourth-order valence-corrected chi connectivity index (χ4v) is 8.88. The molecule has 2 aromatic heterocycles. The van der Waals surface area contributed by atoms with Crippen LogP contribution in [0.2, 0.25) is 0 Å². The maximum absolute atomic E-state index is 14.5. The van der Waals surface area contributed by atoms with E-state index in [1.807, 2.05) is 64.9 Å². The van der Waals surface area contributed by atoms with Gasteiger partial charge in [0.15, 0.2) is 17.9 Å². The molecule has 322 valence electrons. The lowest BCUT2D eigenvalue weighted by molar-refractivity contribution is -0.296. The van der Waals surface area contributed by atoms with Gasteiger partial charge in [-0.25, -0.2) is 9.67 Å². The van der Waals surface area contributed by atoms with Gasteiger partial charge in [-0.3, -0.25) is 14.6 Å². The molecule has 2 bridgehead atoms. The van der Waals surface area contributed by atoms with Gasteiger partial charge in [0.05, 0.1) is 37.1 Å². The van der Waals surface area contributed by atoms with Crippen molar-refractivity contribution in [3.63, 3.8) is 0 Å².